The molecule has 1 aliphatic rings. The van der Waals surface area contributed by atoms with Crippen LogP contribution in [-0.4, -0.2) is 28.8 Å². The Bertz CT molecular complexity index is 798. The van der Waals surface area contributed by atoms with Crippen molar-refractivity contribution in [1.82, 2.24) is 9.97 Å². The monoisotopic (exact) mass is 457 g/mol. The number of aryl methyl sites for hydroxylation is 1. The predicted molar refractivity (Wildman–Crippen MR) is 137 cm³/mol. The molecule has 1 aromatic heterocycles. The summed E-state index contributed by atoms with van der Waals surface area (Å²) in [6.45, 7) is 16.2. The molecule has 0 atom stereocenters. The van der Waals surface area contributed by atoms with Crippen LogP contribution in [0, 0.1) is 6.92 Å². The van der Waals surface area contributed by atoms with Crippen molar-refractivity contribution < 1.29 is 14.3 Å². The van der Waals surface area contributed by atoms with E-state index in [0.717, 1.165) is 30.4 Å². The molecule has 0 aliphatic heterocycles. The van der Waals surface area contributed by atoms with Crippen LogP contribution in [-0.2, 0) is 4.74 Å². The molecule has 2 N–H and O–H groups in total. The molecule has 6 nitrogen and oxygen atoms in total. The van der Waals surface area contributed by atoms with E-state index >= 15 is 0 Å². The van der Waals surface area contributed by atoms with Crippen molar-refractivity contribution >= 4 is 6.09 Å². The van der Waals surface area contributed by atoms with Crippen LogP contribution in [0.25, 0.3) is 11.1 Å². The van der Waals surface area contributed by atoms with E-state index in [1.165, 1.54) is 30.4 Å². The van der Waals surface area contributed by atoms with Gasteiger partial charge in [0.15, 0.2) is 0 Å². The van der Waals surface area contributed by atoms with E-state index in [-0.39, 0.29) is 5.60 Å². The number of nitrogens with zero attached hydrogens (tertiary/aromatic N) is 2. The van der Waals surface area contributed by atoms with E-state index in [2.05, 4.69) is 66.3 Å². The fourth-order valence-electron chi connectivity index (χ4n) is 2.44. The molecule has 0 unspecified atom stereocenters. The molecule has 0 bridgehead atoms. The zero-order chi connectivity index (χ0) is 25.3. The first kappa shape index (κ1) is 30.1. The Labute approximate surface area is 200 Å². The van der Waals surface area contributed by atoms with Crippen LogP contribution in [0.5, 0.6) is 6.01 Å². The zero-order valence-electron chi connectivity index (χ0n) is 21.6. The van der Waals surface area contributed by atoms with Crippen molar-refractivity contribution in [2.24, 2.45) is 5.73 Å². The van der Waals surface area contributed by atoms with Gasteiger partial charge in [0.25, 0.3) is 0 Å². The molecule has 1 amide bonds. The molecule has 0 radical (unpaired) electrons. The number of carbonyl (C=O) groups is 1. The quantitative estimate of drug-likeness (QED) is 0.442. The molecule has 6 heteroatoms. The molecule has 184 valence electrons. The summed E-state index contributed by atoms with van der Waals surface area (Å²) in [5, 5.41) is 0. The maximum atomic E-state index is 10.1. The molecule has 1 aliphatic carbocycles. The van der Waals surface area contributed by atoms with Crippen LogP contribution in [0.3, 0.4) is 0 Å². The van der Waals surface area contributed by atoms with Gasteiger partial charge in [0, 0.05) is 18.0 Å². The largest absolute Gasteiger partial charge is 0.467 e. The minimum Gasteiger partial charge on any atom is -0.467 e. The summed E-state index contributed by atoms with van der Waals surface area (Å²) in [5.41, 5.74) is 9.30. The van der Waals surface area contributed by atoms with Gasteiger partial charge in [-0.1, -0.05) is 76.1 Å². The van der Waals surface area contributed by atoms with E-state index in [1.54, 1.807) is 19.5 Å². The van der Waals surface area contributed by atoms with Gasteiger partial charge in [-0.15, -0.1) is 0 Å². The van der Waals surface area contributed by atoms with Gasteiger partial charge in [-0.2, -0.15) is 0 Å². The normalized spacial score (nSPS) is 12.3. The lowest BCUT2D eigenvalue weighted by Gasteiger charge is -2.05. The number of amides is 1. The SMILES string of the molecule is C=C(CC)CCCC.CC.CC1(OC(N)=O)CC1.COc1ncc(-c2ccc(C)cc2)cn1. The van der Waals surface area contributed by atoms with E-state index < -0.39 is 6.09 Å². The average molecular weight is 458 g/mol. The highest BCUT2D eigenvalue weighted by molar-refractivity contribution is 5.65. The topological polar surface area (TPSA) is 87.3 Å². The molecule has 1 heterocycles. The second kappa shape index (κ2) is 16.7. The summed E-state index contributed by atoms with van der Waals surface area (Å²) in [5.74, 6) is 0. The molecule has 1 saturated carbocycles. The van der Waals surface area contributed by atoms with Gasteiger partial charge in [-0.05, 0) is 51.5 Å². The summed E-state index contributed by atoms with van der Waals surface area (Å²) in [6, 6.07) is 8.64. The number of carbonyl (C=O) groups excluding carboxylic acids is 1. The van der Waals surface area contributed by atoms with Crippen molar-refractivity contribution in [3.63, 3.8) is 0 Å². The number of unbranched alkanes of at least 4 members (excludes halogenated alkanes) is 1. The average Bonchev–Trinajstić information content (AvgIpc) is 3.55. The lowest BCUT2D eigenvalue weighted by Crippen LogP contribution is -2.20. The van der Waals surface area contributed by atoms with Crippen molar-refractivity contribution in [3.8, 4) is 17.1 Å². The standard InChI is InChI=1S/C12H12N2O.C8H16.C5H9NO2.C2H6/c1-9-3-5-10(6-4-9)11-7-13-12(15-2)14-8-11;1-4-6-7-8(3)5-2;1-5(2-3-5)8-4(6)7;1-2/h3-8H,1-2H3;3-7H2,1-2H3;2-3H2,1H3,(H2,6,7);1-2H3. The van der Waals surface area contributed by atoms with Gasteiger partial charge < -0.3 is 15.2 Å². The van der Waals surface area contributed by atoms with E-state index in [0.29, 0.717) is 6.01 Å². The summed E-state index contributed by atoms with van der Waals surface area (Å²) >= 11 is 0. The van der Waals surface area contributed by atoms with Crippen molar-refractivity contribution in [3.05, 3.63) is 54.4 Å². The Morgan fingerprint density at radius 1 is 1.09 bits per heavy atom. The smallest absolute Gasteiger partial charge is 0.405 e. The molecular weight excluding hydrogens is 414 g/mol. The van der Waals surface area contributed by atoms with E-state index in [9.17, 15) is 4.79 Å². The van der Waals surface area contributed by atoms with Gasteiger partial charge in [-0.25, -0.2) is 14.8 Å². The third-order valence-corrected chi connectivity index (χ3v) is 4.88. The van der Waals surface area contributed by atoms with Crippen molar-refractivity contribution in [2.45, 2.75) is 85.7 Å². The summed E-state index contributed by atoms with van der Waals surface area (Å²) in [7, 11) is 1.56. The zero-order valence-corrected chi connectivity index (χ0v) is 21.6. The number of benzene rings is 1. The number of nitrogens with two attached hydrogens (primary N) is 1. The van der Waals surface area contributed by atoms with E-state index in [4.69, 9.17) is 10.5 Å². The van der Waals surface area contributed by atoms with Crippen LogP contribution in [0.15, 0.2) is 48.8 Å². The van der Waals surface area contributed by atoms with Gasteiger partial charge in [0.1, 0.15) is 5.60 Å². The Kier molecular flexibility index (Phi) is 15.2. The fourth-order valence-corrected chi connectivity index (χ4v) is 2.44. The Hall–Kier alpha value is -2.89. The summed E-state index contributed by atoms with van der Waals surface area (Å²) in [6.07, 6.45) is 9.75. The van der Waals surface area contributed by atoms with Gasteiger partial charge in [0.05, 0.1) is 7.11 Å². The maximum absolute atomic E-state index is 10.1. The first-order valence-electron chi connectivity index (χ1n) is 11.8. The number of allylic oxidation sites excluding steroid dienone is 1. The van der Waals surface area contributed by atoms with Crippen LogP contribution in [0.1, 0.15) is 78.7 Å². The number of aromatic nitrogens is 2. The summed E-state index contributed by atoms with van der Waals surface area (Å²) in [4.78, 5) is 18.2. The molecule has 0 saturated heterocycles. The number of rotatable bonds is 7. The van der Waals surface area contributed by atoms with Gasteiger partial charge in [0.2, 0.25) is 0 Å². The lowest BCUT2D eigenvalue weighted by molar-refractivity contribution is 0.102. The highest BCUT2D eigenvalue weighted by Gasteiger charge is 2.41. The first-order valence-corrected chi connectivity index (χ1v) is 11.8. The number of hydrogen-bond acceptors (Lipinski definition) is 5. The predicted octanol–water partition coefficient (Wildman–Crippen LogP) is 7.26. The number of hydrogen-bond donors (Lipinski definition) is 1. The second-order valence-electron chi connectivity index (χ2n) is 7.90. The number of methoxy groups -OCH3 is 1. The minimum atomic E-state index is -0.662. The molecule has 0 spiro atoms. The summed E-state index contributed by atoms with van der Waals surface area (Å²) < 4.78 is 9.59. The highest BCUT2D eigenvalue weighted by atomic mass is 16.6. The van der Waals surface area contributed by atoms with Crippen molar-refractivity contribution in [2.75, 3.05) is 7.11 Å². The second-order valence-corrected chi connectivity index (χ2v) is 7.90. The van der Waals surface area contributed by atoms with E-state index in [1.807, 2.05) is 20.8 Å². The van der Waals surface area contributed by atoms with Crippen LogP contribution < -0.4 is 10.5 Å². The Balaban J connectivity index is 0.000000487. The van der Waals surface area contributed by atoms with Crippen LogP contribution in [0.4, 0.5) is 4.79 Å². The third-order valence-electron chi connectivity index (χ3n) is 4.88. The molecule has 1 fully saturated rings. The van der Waals surface area contributed by atoms with Crippen molar-refractivity contribution in [1.29, 1.82) is 0 Å². The maximum Gasteiger partial charge on any atom is 0.405 e. The molecule has 2 aromatic rings. The molecule has 33 heavy (non-hydrogen) atoms. The Morgan fingerprint density at radius 2 is 1.64 bits per heavy atom. The van der Waals surface area contributed by atoms with Gasteiger partial charge in [-0.3, -0.25) is 0 Å². The number of primary amides is 1. The third kappa shape index (κ3) is 14.0. The molecule has 3 rings (SSSR count). The number of ether oxygens (including phenoxy) is 2. The van der Waals surface area contributed by atoms with Gasteiger partial charge >= 0.3 is 12.1 Å². The minimum absolute atomic E-state index is 0.203. The first-order chi connectivity index (χ1) is 15.7. The molecular formula is C27H43N3O3. The highest BCUT2D eigenvalue weighted by Crippen LogP contribution is 2.38. The Morgan fingerprint density at radius 3 is 2.00 bits per heavy atom. The fraction of sp³-hybridized carbons (Fsp3) is 0.519. The molecule has 1 aromatic carbocycles. The van der Waals surface area contributed by atoms with Crippen LogP contribution in [0.2, 0.25) is 0 Å². The lowest BCUT2D eigenvalue weighted by atomic mass is 10.1. The van der Waals surface area contributed by atoms with Crippen LogP contribution >= 0.6 is 0 Å².